The number of nitrogens with one attached hydrogen (secondary N) is 1. The first kappa shape index (κ1) is 13.8. The Morgan fingerprint density at radius 2 is 2.21 bits per heavy atom. The van der Waals surface area contributed by atoms with Gasteiger partial charge in [0.05, 0.1) is 16.7 Å². The summed E-state index contributed by atoms with van der Waals surface area (Å²) in [5, 5.41) is 9.11. The second-order valence-electron chi connectivity index (χ2n) is 3.64. The second-order valence-corrected chi connectivity index (χ2v) is 6.93. The highest BCUT2D eigenvalue weighted by Gasteiger charge is 2.20. The topological polar surface area (TPSA) is 82.8 Å². The summed E-state index contributed by atoms with van der Waals surface area (Å²) in [5.74, 6) is 0. The van der Waals surface area contributed by atoms with Gasteiger partial charge >= 0.3 is 0 Å². The molecule has 1 heterocycles. The van der Waals surface area contributed by atoms with Crippen LogP contribution < -0.4 is 4.72 Å². The summed E-state index contributed by atoms with van der Waals surface area (Å²) in [6.45, 7) is 1.82. The molecule has 0 saturated heterocycles. The molecular weight excluding hydrogens is 306 g/mol. The Balaban J connectivity index is 2.42. The summed E-state index contributed by atoms with van der Waals surface area (Å²) in [4.78, 5) is 4.66. The average Bonchev–Trinajstić information content (AvgIpc) is 2.74. The van der Waals surface area contributed by atoms with Gasteiger partial charge in [-0.25, -0.2) is 13.4 Å². The van der Waals surface area contributed by atoms with Gasteiger partial charge in [-0.15, -0.1) is 11.3 Å². The van der Waals surface area contributed by atoms with Gasteiger partial charge in [0.15, 0.2) is 5.13 Å². The Bertz CT molecular complexity index is 762. The van der Waals surface area contributed by atoms with Gasteiger partial charge in [0.2, 0.25) is 0 Å². The van der Waals surface area contributed by atoms with E-state index in [0.29, 0.717) is 0 Å². The van der Waals surface area contributed by atoms with E-state index in [1.165, 1.54) is 29.5 Å². The fourth-order valence-electron chi connectivity index (χ4n) is 1.35. The van der Waals surface area contributed by atoms with Crippen molar-refractivity contribution in [2.45, 2.75) is 11.8 Å². The number of anilines is 1. The van der Waals surface area contributed by atoms with Gasteiger partial charge in [-0.1, -0.05) is 11.6 Å². The van der Waals surface area contributed by atoms with Crippen LogP contribution in [-0.4, -0.2) is 13.4 Å². The van der Waals surface area contributed by atoms with Crippen molar-refractivity contribution in [2.24, 2.45) is 0 Å². The molecule has 0 bridgehead atoms. The molecule has 0 saturated carbocycles. The third-order valence-electron chi connectivity index (χ3n) is 2.19. The Morgan fingerprint density at radius 3 is 2.79 bits per heavy atom. The Hall–Kier alpha value is -1.62. The van der Waals surface area contributed by atoms with E-state index >= 15 is 0 Å². The van der Waals surface area contributed by atoms with Gasteiger partial charge in [-0.3, -0.25) is 4.72 Å². The van der Waals surface area contributed by atoms with Crippen molar-refractivity contribution < 1.29 is 8.42 Å². The largest absolute Gasteiger partial charge is 0.265 e. The SMILES string of the molecule is Cc1cnc(NS(=O)(=O)c2cc(C#N)ccc2Cl)s1. The molecule has 1 aromatic carbocycles. The summed E-state index contributed by atoms with van der Waals surface area (Å²) in [6.07, 6.45) is 1.57. The van der Waals surface area contributed by atoms with Crippen LogP contribution in [0.2, 0.25) is 5.02 Å². The molecule has 2 rings (SSSR count). The molecule has 0 radical (unpaired) electrons. The first-order valence-electron chi connectivity index (χ1n) is 5.07. The minimum absolute atomic E-state index is 0.0554. The van der Waals surface area contributed by atoms with Crippen LogP contribution in [-0.2, 0) is 10.0 Å². The molecular formula is C11H8ClN3O2S2. The average molecular weight is 314 g/mol. The highest BCUT2D eigenvalue weighted by atomic mass is 35.5. The molecule has 1 N–H and O–H groups in total. The predicted molar refractivity (Wildman–Crippen MR) is 73.8 cm³/mol. The van der Waals surface area contributed by atoms with Gasteiger partial charge < -0.3 is 0 Å². The third kappa shape index (κ3) is 3.04. The van der Waals surface area contributed by atoms with Crippen molar-refractivity contribution in [1.82, 2.24) is 4.98 Å². The van der Waals surface area contributed by atoms with E-state index in [0.717, 1.165) is 4.88 Å². The number of aryl methyl sites for hydroxylation is 1. The van der Waals surface area contributed by atoms with Crippen LogP contribution in [0.15, 0.2) is 29.3 Å². The standard InChI is InChI=1S/C11H8ClN3O2S2/c1-7-6-14-11(18-7)15-19(16,17)10-4-8(5-13)2-3-9(10)12/h2-4,6H,1H3,(H,14,15). The zero-order valence-corrected chi connectivity index (χ0v) is 12.1. The van der Waals surface area contributed by atoms with E-state index in [1.54, 1.807) is 6.20 Å². The maximum atomic E-state index is 12.2. The van der Waals surface area contributed by atoms with E-state index in [4.69, 9.17) is 16.9 Å². The fraction of sp³-hybridized carbons (Fsp3) is 0.0909. The highest BCUT2D eigenvalue weighted by Crippen LogP contribution is 2.26. The molecule has 0 atom stereocenters. The van der Waals surface area contributed by atoms with Crippen molar-refractivity contribution in [3.05, 3.63) is 39.9 Å². The number of thiazole rings is 1. The first-order valence-corrected chi connectivity index (χ1v) is 7.75. The summed E-state index contributed by atoms with van der Waals surface area (Å²) >= 11 is 7.08. The number of sulfonamides is 1. The predicted octanol–water partition coefficient (Wildman–Crippen LogP) is 2.78. The molecule has 0 aliphatic heterocycles. The van der Waals surface area contributed by atoms with E-state index in [-0.39, 0.29) is 20.6 Å². The Morgan fingerprint density at radius 1 is 1.47 bits per heavy atom. The maximum Gasteiger partial charge on any atom is 0.265 e. The summed E-state index contributed by atoms with van der Waals surface area (Å²) < 4.78 is 26.7. The lowest BCUT2D eigenvalue weighted by Gasteiger charge is -2.07. The summed E-state index contributed by atoms with van der Waals surface area (Å²) in [6, 6.07) is 5.93. The molecule has 0 fully saturated rings. The lowest BCUT2D eigenvalue weighted by molar-refractivity contribution is 0.601. The number of nitriles is 1. The van der Waals surface area contributed by atoms with Crippen LogP contribution >= 0.6 is 22.9 Å². The molecule has 0 amide bonds. The highest BCUT2D eigenvalue weighted by molar-refractivity contribution is 7.93. The van der Waals surface area contributed by atoms with E-state index in [1.807, 2.05) is 13.0 Å². The number of hydrogen-bond donors (Lipinski definition) is 1. The van der Waals surface area contributed by atoms with E-state index in [2.05, 4.69) is 9.71 Å². The Kier molecular flexibility index (Phi) is 3.75. The number of hydrogen-bond acceptors (Lipinski definition) is 5. The zero-order valence-electron chi connectivity index (χ0n) is 9.71. The summed E-state index contributed by atoms with van der Waals surface area (Å²) in [7, 11) is -3.85. The molecule has 0 aliphatic rings. The molecule has 0 spiro atoms. The zero-order chi connectivity index (χ0) is 14.0. The second kappa shape index (κ2) is 5.17. The molecule has 98 valence electrons. The van der Waals surface area contributed by atoms with Gasteiger partial charge in [-0.05, 0) is 25.1 Å². The molecule has 19 heavy (non-hydrogen) atoms. The number of nitrogens with zero attached hydrogens (tertiary/aromatic N) is 2. The Labute approximate surface area is 119 Å². The molecule has 0 aliphatic carbocycles. The normalized spacial score (nSPS) is 11.0. The molecule has 1 aromatic heterocycles. The van der Waals surface area contributed by atoms with Crippen molar-refractivity contribution in [2.75, 3.05) is 4.72 Å². The number of rotatable bonds is 3. The van der Waals surface area contributed by atoms with Crippen LogP contribution in [0.3, 0.4) is 0 Å². The van der Waals surface area contributed by atoms with Crippen molar-refractivity contribution in [1.29, 1.82) is 5.26 Å². The van der Waals surface area contributed by atoms with E-state index < -0.39 is 10.0 Å². The number of halogens is 1. The van der Waals surface area contributed by atoms with Crippen LogP contribution in [0.5, 0.6) is 0 Å². The number of benzene rings is 1. The molecule has 5 nitrogen and oxygen atoms in total. The molecule has 0 unspecified atom stereocenters. The van der Waals surface area contributed by atoms with Gasteiger partial charge in [-0.2, -0.15) is 5.26 Å². The molecule has 8 heteroatoms. The molecule has 2 aromatic rings. The minimum atomic E-state index is -3.85. The summed E-state index contributed by atoms with van der Waals surface area (Å²) in [5.41, 5.74) is 0.222. The monoisotopic (exact) mass is 313 g/mol. The van der Waals surface area contributed by atoms with Crippen LogP contribution in [0, 0.1) is 18.3 Å². The smallest absolute Gasteiger partial charge is 0.255 e. The third-order valence-corrected chi connectivity index (χ3v) is 4.97. The maximum absolute atomic E-state index is 12.2. The van der Waals surface area contributed by atoms with Crippen LogP contribution in [0.1, 0.15) is 10.4 Å². The number of aromatic nitrogens is 1. The van der Waals surface area contributed by atoms with E-state index in [9.17, 15) is 8.42 Å². The van der Waals surface area contributed by atoms with Crippen LogP contribution in [0.4, 0.5) is 5.13 Å². The fourth-order valence-corrected chi connectivity index (χ4v) is 3.78. The minimum Gasteiger partial charge on any atom is -0.255 e. The van der Waals surface area contributed by atoms with Crippen molar-refractivity contribution in [3.8, 4) is 6.07 Å². The lowest BCUT2D eigenvalue weighted by Crippen LogP contribution is -2.13. The quantitative estimate of drug-likeness (QED) is 0.944. The van der Waals surface area contributed by atoms with Gasteiger partial charge in [0, 0.05) is 11.1 Å². The van der Waals surface area contributed by atoms with Crippen molar-refractivity contribution >= 4 is 38.1 Å². The lowest BCUT2D eigenvalue weighted by atomic mass is 10.2. The van der Waals surface area contributed by atoms with Gasteiger partial charge in [0.1, 0.15) is 4.90 Å². The van der Waals surface area contributed by atoms with Crippen LogP contribution in [0.25, 0.3) is 0 Å². The van der Waals surface area contributed by atoms with Crippen molar-refractivity contribution in [3.63, 3.8) is 0 Å². The van der Waals surface area contributed by atoms with Gasteiger partial charge in [0.25, 0.3) is 10.0 Å². The first-order chi connectivity index (χ1) is 8.92.